The number of ether oxygens (including phenoxy) is 1. The van der Waals surface area contributed by atoms with E-state index >= 15 is 0 Å². The van der Waals surface area contributed by atoms with Crippen LogP contribution in [0.2, 0.25) is 0 Å². The molecule has 1 aromatic carbocycles. The second kappa shape index (κ2) is 8.56. The molecule has 0 saturated heterocycles. The maximum absolute atomic E-state index is 13.2. The van der Waals surface area contributed by atoms with E-state index in [1.165, 1.54) is 34.3 Å². The molecule has 1 atom stereocenters. The van der Waals surface area contributed by atoms with Crippen LogP contribution in [0.1, 0.15) is 34.9 Å². The molecule has 1 aliphatic rings. The summed E-state index contributed by atoms with van der Waals surface area (Å²) >= 11 is 1.20. The van der Waals surface area contributed by atoms with E-state index in [1.807, 2.05) is 13.8 Å². The quantitative estimate of drug-likeness (QED) is 0.586. The lowest BCUT2D eigenvalue weighted by Crippen LogP contribution is -2.69. The number of aromatic nitrogens is 3. The van der Waals surface area contributed by atoms with Crippen LogP contribution >= 0.6 is 11.3 Å². The number of methoxy groups -OCH3 is 1. The van der Waals surface area contributed by atoms with Crippen molar-refractivity contribution in [2.45, 2.75) is 25.9 Å². The van der Waals surface area contributed by atoms with E-state index in [2.05, 4.69) is 10.2 Å². The summed E-state index contributed by atoms with van der Waals surface area (Å²) in [5.74, 6) is -1.43. The van der Waals surface area contributed by atoms with E-state index in [9.17, 15) is 19.1 Å². The first-order valence-corrected chi connectivity index (χ1v) is 11.1. The standard InChI is InChI=1S/C22H24FN5O4S/c1-5-27-21(31)17-19(30)18(29)15(11-28(17)26(3)22(27,2)12-32-4)20-25-24-16(33-20)10-13-6-8-14(23)9-7-13/h6-9,11,30H,5,10,12H2,1-4H3. The van der Waals surface area contributed by atoms with Gasteiger partial charge >= 0.3 is 0 Å². The van der Waals surface area contributed by atoms with E-state index in [0.29, 0.717) is 23.0 Å². The number of fused-ring (bicyclic) bond motifs is 1. The minimum atomic E-state index is -0.846. The first kappa shape index (κ1) is 22.9. The number of carbonyl (C=O) groups is 1. The fraction of sp³-hybridized carbons (Fsp3) is 0.364. The Morgan fingerprint density at radius 2 is 1.91 bits per heavy atom. The van der Waals surface area contributed by atoms with Gasteiger partial charge in [-0.2, -0.15) is 0 Å². The van der Waals surface area contributed by atoms with Crippen molar-refractivity contribution in [2.24, 2.45) is 0 Å². The van der Waals surface area contributed by atoms with Gasteiger partial charge in [0.15, 0.2) is 22.1 Å². The monoisotopic (exact) mass is 473 g/mol. The molecule has 4 rings (SSSR count). The van der Waals surface area contributed by atoms with Crippen molar-refractivity contribution in [1.29, 1.82) is 0 Å². The number of halogens is 1. The molecule has 3 aromatic rings. The molecule has 0 spiro atoms. The molecule has 174 valence electrons. The van der Waals surface area contributed by atoms with E-state index in [0.717, 1.165) is 5.56 Å². The van der Waals surface area contributed by atoms with Crippen molar-refractivity contribution in [2.75, 3.05) is 32.3 Å². The van der Waals surface area contributed by atoms with Gasteiger partial charge in [0.2, 0.25) is 5.43 Å². The topological polar surface area (TPSA) is 101 Å². The van der Waals surface area contributed by atoms with Gasteiger partial charge in [0.1, 0.15) is 10.8 Å². The zero-order chi connectivity index (χ0) is 23.9. The van der Waals surface area contributed by atoms with Crippen molar-refractivity contribution in [3.63, 3.8) is 0 Å². The Morgan fingerprint density at radius 1 is 1.21 bits per heavy atom. The molecule has 0 radical (unpaired) electrons. The fourth-order valence-corrected chi connectivity index (χ4v) is 4.95. The maximum atomic E-state index is 13.2. The number of hydrogen-bond acceptors (Lipinski definition) is 8. The van der Waals surface area contributed by atoms with E-state index in [-0.39, 0.29) is 23.7 Å². The number of carbonyl (C=O) groups excluding carboxylic acids is 1. The third-order valence-electron chi connectivity index (χ3n) is 5.91. The summed E-state index contributed by atoms with van der Waals surface area (Å²) in [7, 11) is 3.30. The molecule has 33 heavy (non-hydrogen) atoms. The highest BCUT2D eigenvalue weighted by Crippen LogP contribution is 2.32. The highest BCUT2D eigenvalue weighted by Gasteiger charge is 2.46. The molecule has 1 aliphatic heterocycles. The van der Waals surface area contributed by atoms with Gasteiger partial charge in [-0.15, -0.1) is 10.2 Å². The summed E-state index contributed by atoms with van der Waals surface area (Å²) < 4.78 is 20.0. The van der Waals surface area contributed by atoms with Gasteiger partial charge in [-0.3, -0.25) is 19.3 Å². The highest BCUT2D eigenvalue weighted by molar-refractivity contribution is 7.14. The highest BCUT2D eigenvalue weighted by atomic mass is 32.1. The van der Waals surface area contributed by atoms with Crippen LogP contribution in [0.3, 0.4) is 0 Å². The molecular formula is C22H24FN5O4S. The van der Waals surface area contributed by atoms with Crippen LogP contribution in [-0.4, -0.2) is 63.8 Å². The van der Waals surface area contributed by atoms with E-state index < -0.39 is 22.7 Å². The summed E-state index contributed by atoms with van der Waals surface area (Å²) in [6.07, 6.45) is 1.92. The smallest absolute Gasteiger partial charge is 0.278 e. The molecule has 2 aromatic heterocycles. The minimum absolute atomic E-state index is 0.113. The summed E-state index contributed by atoms with van der Waals surface area (Å²) in [6.45, 7) is 4.25. The largest absolute Gasteiger partial charge is 0.502 e. The molecule has 11 heteroatoms. The normalized spacial score (nSPS) is 18.0. The van der Waals surface area contributed by atoms with Crippen LogP contribution in [0.15, 0.2) is 35.3 Å². The average molecular weight is 474 g/mol. The van der Waals surface area contributed by atoms with Gasteiger partial charge in [-0.05, 0) is 31.5 Å². The second-order valence-electron chi connectivity index (χ2n) is 7.94. The fourth-order valence-electron chi connectivity index (χ4n) is 4.07. The molecule has 0 aliphatic carbocycles. The molecule has 0 bridgehead atoms. The molecular weight excluding hydrogens is 449 g/mol. The third kappa shape index (κ3) is 3.76. The second-order valence-corrected chi connectivity index (χ2v) is 9.00. The maximum Gasteiger partial charge on any atom is 0.278 e. The van der Waals surface area contributed by atoms with Crippen LogP contribution < -0.4 is 10.4 Å². The molecule has 9 nitrogen and oxygen atoms in total. The van der Waals surface area contributed by atoms with Crippen LogP contribution in [-0.2, 0) is 11.2 Å². The molecule has 1 amide bonds. The van der Waals surface area contributed by atoms with Crippen molar-refractivity contribution >= 4 is 17.2 Å². The minimum Gasteiger partial charge on any atom is -0.502 e. The summed E-state index contributed by atoms with van der Waals surface area (Å²) in [5.41, 5.74) is -0.675. The third-order valence-corrected chi connectivity index (χ3v) is 6.87. The SMILES string of the molecule is CCN1C(=O)c2c(O)c(=O)c(-c3nnc(Cc4ccc(F)cc4)s3)cn2N(C)C1(C)COC. The van der Waals surface area contributed by atoms with Gasteiger partial charge in [0.25, 0.3) is 5.91 Å². The Bertz CT molecular complexity index is 1260. The molecule has 0 fully saturated rings. The Kier molecular flexibility index (Phi) is 5.93. The lowest BCUT2D eigenvalue weighted by atomic mass is 10.1. The first-order chi connectivity index (χ1) is 15.7. The number of likely N-dealkylation sites (N-methyl/N-ethyl adjacent to an activating group) is 2. The number of rotatable bonds is 6. The van der Waals surface area contributed by atoms with Crippen LogP contribution in [0.5, 0.6) is 5.75 Å². The van der Waals surface area contributed by atoms with E-state index in [1.54, 1.807) is 36.2 Å². The van der Waals surface area contributed by atoms with Gasteiger partial charge in [-0.25, -0.2) is 4.39 Å². The predicted molar refractivity (Wildman–Crippen MR) is 122 cm³/mol. The predicted octanol–water partition coefficient (Wildman–Crippen LogP) is 2.21. The van der Waals surface area contributed by atoms with Crippen LogP contribution in [0, 0.1) is 5.82 Å². The molecule has 0 saturated carbocycles. The van der Waals surface area contributed by atoms with Gasteiger partial charge in [0, 0.05) is 33.3 Å². The van der Waals surface area contributed by atoms with Gasteiger partial charge < -0.3 is 14.7 Å². The zero-order valence-corrected chi connectivity index (χ0v) is 19.5. The number of hydrogen-bond donors (Lipinski definition) is 1. The van der Waals surface area contributed by atoms with Crippen molar-refractivity contribution in [1.82, 2.24) is 19.8 Å². The Morgan fingerprint density at radius 3 is 2.55 bits per heavy atom. The molecule has 3 heterocycles. The Hall–Kier alpha value is -3.31. The van der Waals surface area contributed by atoms with Crippen LogP contribution in [0.4, 0.5) is 4.39 Å². The van der Waals surface area contributed by atoms with Crippen molar-refractivity contribution in [3.8, 4) is 16.3 Å². The lowest BCUT2D eigenvalue weighted by Gasteiger charge is -2.51. The number of benzene rings is 1. The van der Waals surface area contributed by atoms with Crippen LogP contribution in [0.25, 0.3) is 10.6 Å². The number of aromatic hydroxyl groups is 1. The molecule has 1 unspecified atom stereocenters. The number of nitrogens with zero attached hydrogens (tertiary/aromatic N) is 5. The van der Waals surface area contributed by atoms with E-state index in [4.69, 9.17) is 4.74 Å². The zero-order valence-electron chi connectivity index (χ0n) is 18.7. The summed E-state index contributed by atoms with van der Waals surface area (Å²) in [5, 5.41) is 21.7. The van der Waals surface area contributed by atoms with Crippen molar-refractivity contribution in [3.05, 3.63) is 62.8 Å². The van der Waals surface area contributed by atoms with Crippen molar-refractivity contribution < 1.29 is 19.0 Å². The lowest BCUT2D eigenvalue weighted by molar-refractivity contribution is 0.00137. The van der Waals surface area contributed by atoms with Gasteiger partial charge in [0.05, 0.1) is 12.2 Å². The Balaban J connectivity index is 1.77. The molecule has 1 N–H and O–H groups in total. The summed E-state index contributed by atoms with van der Waals surface area (Å²) in [4.78, 5) is 27.8. The summed E-state index contributed by atoms with van der Waals surface area (Å²) in [6, 6.07) is 6.06. The Labute approximate surface area is 193 Å². The average Bonchev–Trinajstić information content (AvgIpc) is 3.24. The number of pyridine rings is 1. The number of amides is 1. The first-order valence-electron chi connectivity index (χ1n) is 10.3. The van der Waals surface area contributed by atoms with Gasteiger partial charge in [-0.1, -0.05) is 23.5 Å².